The average molecular weight is 426 g/mol. The predicted octanol–water partition coefficient (Wildman–Crippen LogP) is 5.21. The van der Waals surface area contributed by atoms with Gasteiger partial charge in [-0.3, -0.25) is 4.79 Å². The van der Waals surface area contributed by atoms with Crippen molar-refractivity contribution in [3.8, 4) is 17.1 Å². The third-order valence-electron chi connectivity index (χ3n) is 4.00. The zero-order chi connectivity index (χ0) is 20.1. The van der Waals surface area contributed by atoms with Crippen molar-refractivity contribution in [1.82, 2.24) is 9.97 Å². The van der Waals surface area contributed by atoms with Gasteiger partial charge in [0.25, 0.3) is 0 Å². The van der Waals surface area contributed by atoms with Gasteiger partial charge in [0.05, 0.1) is 18.3 Å². The first-order valence-electron chi connectivity index (χ1n) is 8.76. The highest BCUT2D eigenvalue weighted by Crippen LogP contribution is 2.21. The van der Waals surface area contributed by atoms with Crippen LogP contribution in [0.2, 0.25) is 5.02 Å². The van der Waals surface area contributed by atoms with Crippen LogP contribution in [0.15, 0.2) is 70.9 Å². The van der Waals surface area contributed by atoms with E-state index in [1.54, 1.807) is 30.5 Å². The first-order valence-corrected chi connectivity index (χ1v) is 10.0. The standard InChI is InChI=1S/C21H16ClN3O3S/c22-15-3-7-18(8-4-15)27-11-21-25-17(12-29-21)9-20(26)24-16-5-1-14(2-6-16)19-10-23-13-28-19/h1-8,10,12-13H,9,11H2,(H,24,26). The van der Waals surface area contributed by atoms with Crippen LogP contribution in [0, 0.1) is 0 Å². The van der Waals surface area contributed by atoms with Crippen LogP contribution in [0.5, 0.6) is 5.75 Å². The summed E-state index contributed by atoms with van der Waals surface area (Å²) in [5.74, 6) is 1.27. The molecule has 0 spiro atoms. The minimum atomic E-state index is -0.132. The molecule has 2 aromatic carbocycles. The van der Waals surface area contributed by atoms with E-state index >= 15 is 0 Å². The number of nitrogens with one attached hydrogen (secondary N) is 1. The number of nitrogens with zero attached hydrogens (tertiary/aromatic N) is 2. The lowest BCUT2D eigenvalue weighted by molar-refractivity contribution is -0.115. The van der Waals surface area contributed by atoms with E-state index in [0.717, 1.165) is 16.3 Å². The second-order valence-electron chi connectivity index (χ2n) is 6.14. The maximum Gasteiger partial charge on any atom is 0.230 e. The molecule has 146 valence electrons. The zero-order valence-corrected chi connectivity index (χ0v) is 16.7. The summed E-state index contributed by atoms with van der Waals surface area (Å²) in [6, 6.07) is 14.5. The number of hydrogen-bond acceptors (Lipinski definition) is 6. The van der Waals surface area contributed by atoms with Crippen molar-refractivity contribution in [2.24, 2.45) is 0 Å². The number of anilines is 1. The smallest absolute Gasteiger partial charge is 0.230 e. The van der Waals surface area contributed by atoms with Crippen LogP contribution >= 0.6 is 22.9 Å². The van der Waals surface area contributed by atoms with Gasteiger partial charge in [-0.15, -0.1) is 11.3 Å². The van der Waals surface area contributed by atoms with Crippen molar-refractivity contribution in [3.63, 3.8) is 0 Å². The molecule has 0 atom stereocenters. The Morgan fingerprint density at radius 2 is 1.93 bits per heavy atom. The van der Waals surface area contributed by atoms with Gasteiger partial charge in [-0.1, -0.05) is 11.6 Å². The number of hydrogen-bond donors (Lipinski definition) is 1. The van der Waals surface area contributed by atoms with Crippen molar-refractivity contribution in [2.45, 2.75) is 13.0 Å². The lowest BCUT2D eigenvalue weighted by Crippen LogP contribution is -2.14. The zero-order valence-electron chi connectivity index (χ0n) is 15.2. The molecule has 2 aromatic heterocycles. The molecule has 6 nitrogen and oxygen atoms in total. The molecular weight excluding hydrogens is 410 g/mol. The minimum absolute atomic E-state index is 0.132. The fraction of sp³-hybridized carbons (Fsp3) is 0.0952. The van der Waals surface area contributed by atoms with E-state index in [2.05, 4.69) is 15.3 Å². The Bertz CT molecular complexity index is 1080. The molecule has 4 rings (SSSR count). The van der Waals surface area contributed by atoms with Crippen molar-refractivity contribution >= 4 is 34.5 Å². The summed E-state index contributed by atoms with van der Waals surface area (Å²) >= 11 is 7.32. The van der Waals surface area contributed by atoms with Crippen LogP contribution in [0.3, 0.4) is 0 Å². The first-order chi connectivity index (χ1) is 14.2. The topological polar surface area (TPSA) is 77.2 Å². The molecule has 0 bridgehead atoms. The Morgan fingerprint density at radius 1 is 1.14 bits per heavy atom. The highest BCUT2D eigenvalue weighted by atomic mass is 35.5. The molecule has 2 heterocycles. The van der Waals surface area contributed by atoms with E-state index in [1.807, 2.05) is 29.6 Å². The molecule has 8 heteroatoms. The van der Waals surface area contributed by atoms with Gasteiger partial charge in [-0.05, 0) is 48.5 Å². The number of benzene rings is 2. The molecule has 0 fully saturated rings. The molecule has 0 saturated carbocycles. The highest BCUT2D eigenvalue weighted by Gasteiger charge is 2.09. The van der Waals surface area contributed by atoms with Crippen LogP contribution in [0.1, 0.15) is 10.7 Å². The molecule has 0 aliphatic carbocycles. The van der Waals surface area contributed by atoms with Crippen LogP contribution < -0.4 is 10.1 Å². The van der Waals surface area contributed by atoms with Crippen molar-refractivity contribution in [2.75, 3.05) is 5.32 Å². The molecule has 4 aromatic rings. The molecule has 1 N–H and O–H groups in total. The Morgan fingerprint density at radius 3 is 2.66 bits per heavy atom. The number of halogens is 1. The molecule has 0 unspecified atom stereocenters. The number of carbonyl (C=O) groups is 1. The number of oxazole rings is 1. The summed E-state index contributed by atoms with van der Waals surface area (Å²) in [6.45, 7) is 0.344. The van der Waals surface area contributed by atoms with Crippen LogP contribution in [0.25, 0.3) is 11.3 Å². The number of amides is 1. The van der Waals surface area contributed by atoms with Gasteiger partial charge in [-0.25, -0.2) is 9.97 Å². The summed E-state index contributed by atoms with van der Waals surface area (Å²) in [4.78, 5) is 20.7. The first kappa shape index (κ1) is 19.2. The largest absolute Gasteiger partial charge is 0.486 e. The van der Waals surface area contributed by atoms with E-state index in [9.17, 15) is 4.79 Å². The maximum absolute atomic E-state index is 12.3. The number of thiazole rings is 1. The molecule has 0 radical (unpaired) electrons. The monoisotopic (exact) mass is 425 g/mol. The number of carbonyl (C=O) groups excluding carboxylic acids is 1. The highest BCUT2D eigenvalue weighted by molar-refractivity contribution is 7.09. The molecule has 0 aliphatic rings. The summed E-state index contributed by atoms with van der Waals surface area (Å²) in [5.41, 5.74) is 2.31. The van der Waals surface area contributed by atoms with Gasteiger partial charge < -0.3 is 14.5 Å². The van der Waals surface area contributed by atoms with Crippen molar-refractivity contribution in [3.05, 3.63) is 82.2 Å². The Labute approximate surface area is 176 Å². The Hall–Kier alpha value is -3.16. The van der Waals surface area contributed by atoms with E-state index in [4.69, 9.17) is 20.8 Å². The summed E-state index contributed by atoms with van der Waals surface area (Å²) in [6.07, 6.45) is 3.22. The number of aromatic nitrogens is 2. The summed E-state index contributed by atoms with van der Waals surface area (Å²) in [7, 11) is 0. The quantitative estimate of drug-likeness (QED) is 0.439. The molecule has 29 heavy (non-hydrogen) atoms. The van der Waals surface area contributed by atoms with Crippen molar-refractivity contribution < 1.29 is 13.9 Å². The fourth-order valence-corrected chi connectivity index (χ4v) is 3.45. The van der Waals surface area contributed by atoms with Gasteiger partial charge in [-0.2, -0.15) is 0 Å². The Balaban J connectivity index is 1.29. The van der Waals surface area contributed by atoms with E-state index < -0.39 is 0 Å². The normalized spacial score (nSPS) is 10.7. The van der Waals surface area contributed by atoms with Crippen LogP contribution in [-0.2, 0) is 17.8 Å². The third kappa shape index (κ3) is 5.22. The average Bonchev–Trinajstić information content (AvgIpc) is 3.40. The fourth-order valence-electron chi connectivity index (χ4n) is 2.62. The predicted molar refractivity (Wildman–Crippen MR) is 112 cm³/mol. The molecule has 0 aliphatic heterocycles. The minimum Gasteiger partial charge on any atom is -0.486 e. The second kappa shape index (κ2) is 8.89. The van der Waals surface area contributed by atoms with Gasteiger partial charge in [0.1, 0.15) is 17.4 Å². The Kier molecular flexibility index (Phi) is 5.88. The molecule has 1 amide bonds. The van der Waals surface area contributed by atoms with E-state index in [1.165, 1.54) is 17.7 Å². The van der Waals surface area contributed by atoms with Gasteiger partial charge >= 0.3 is 0 Å². The van der Waals surface area contributed by atoms with E-state index in [-0.39, 0.29) is 12.3 Å². The molecular formula is C21H16ClN3O3S. The van der Waals surface area contributed by atoms with Gasteiger partial charge in [0.15, 0.2) is 12.2 Å². The van der Waals surface area contributed by atoms with Gasteiger partial charge in [0.2, 0.25) is 5.91 Å². The van der Waals surface area contributed by atoms with Crippen molar-refractivity contribution in [1.29, 1.82) is 0 Å². The van der Waals surface area contributed by atoms with Crippen LogP contribution in [0.4, 0.5) is 5.69 Å². The summed E-state index contributed by atoms with van der Waals surface area (Å²) in [5, 5.41) is 6.20. The molecule has 0 saturated heterocycles. The number of ether oxygens (including phenoxy) is 1. The van der Waals surface area contributed by atoms with Crippen LogP contribution in [-0.4, -0.2) is 15.9 Å². The third-order valence-corrected chi connectivity index (χ3v) is 5.13. The SMILES string of the molecule is O=C(Cc1csc(COc2ccc(Cl)cc2)n1)Nc1ccc(-c2cnco2)cc1. The lowest BCUT2D eigenvalue weighted by atomic mass is 10.1. The number of rotatable bonds is 7. The maximum atomic E-state index is 12.3. The van der Waals surface area contributed by atoms with Gasteiger partial charge in [0, 0.05) is 21.7 Å². The summed E-state index contributed by atoms with van der Waals surface area (Å²) < 4.78 is 10.9. The second-order valence-corrected chi connectivity index (χ2v) is 7.52. The van der Waals surface area contributed by atoms with E-state index in [0.29, 0.717) is 28.8 Å². The lowest BCUT2D eigenvalue weighted by Gasteiger charge is -2.05.